The Morgan fingerprint density at radius 3 is 2.79 bits per heavy atom. The van der Waals surface area contributed by atoms with E-state index in [1.54, 1.807) is 18.2 Å². The molecule has 0 spiro atoms. The molecule has 0 atom stereocenters. The van der Waals surface area contributed by atoms with E-state index >= 15 is 0 Å². The summed E-state index contributed by atoms with van der Waals surface area (Å²) in [7, 11) is 0. The standard InChI is InChI=1S/C15H22N2O2/c1-2-17-8-6-12(7-9-17)11-16-14-5-3-4-13(10-14)15(18)19/h3-5,10,12,16H,2,6-9,11H2,1H3,(H,18,19). The van der Waals surface area contributed by atoms with E-state index in [-0.39, 0.29) is 0 Å². The highest BCUT2D eigenvalue weighted by atomic mass is 16.4. The Labute approximate surface area is 114 Å². The Bertz CT molecular complexity index is 426. The lowest BCUT2D eigenvalue weighted by Crippen LogP contribution is -2.35. The fourth-order valence-corrected chi connectivity index (χ4v) is 2.53. The Balaban J connectivity index is 1.82. The number of benzene rings is 1. The number of hydrogen-bond acceptors (Lipinski definition) is 3. The number of rotatable bonds is 5. The van der Waals surface area contributed by atoms with Gasteiger partial charge >= 0.3 is 5.97 Å². The minimum atomic E-state index is -0.875. The molecule has 0 amide bonds. The zero-order valence-electron chi connectivity index (χ0n) is 11.4. The van der Waals surface area contributed by atoms with Crippen LogP contribution in [0.5, 0.6) is 0 Å². The molecule has 0 unspecified atom stereocenters. The van der Waals surface area contributed by atoms with Gasteiger partial charge in [-0.3, -0.25) is 0 Å². The molecule has 1 aromatic carbocycles. The van der Waals surface area contributed by atoms with Crippen molar-refractivity contribution >= 4 is 11.7 Å². The van der Waals surface area contributed by atoms with Crippen LogP contribution in [-0.4, -0.2) is 42.2 Å². The molecule has 1 saturated heterocycles. The predicted octanol–water partition coefficient (Wildman–Crippen LogP) is 2.53. The van der Waals surface area contributed by atoms with Crippen LogP contribution in [-0.2, 0) is 0 Å². The van der Waals surface area contributed by atoms with Gasteiger partial charge in [0.1, 0.15) is 0 Å². The molecule has 1 aliphatic rings. The van der Waals surface area contributed by atoms with Crippen LogP contribution in [0, 0.1) is 5.92 Å². The summed E-state index contributed by atoms with van der Waals surface area (Å²) < 4.78 is 0. The van der Waals surface area contributed by atoms with E-state index in [9.17, 15) is 4.79 Å². The second-order valence-electron chi connectivity index (χ2n) is 5.14. The average molecular weight is 262 g/mol. The van der Waals surface area contributed by atoms with Crippen LogP contribution in [0.4, 0.5) is 5.69 Å². The van der Waals surface area contributed by atoms with Crippen molar-refractivity contribution in [3.8, 4) is 0 Å². The largest absolute Gasteiger partial charge is 0.478 e. The highest BCUT2D eigenvalue weighted by Crippen LogP contribution is 2.18. The van der Waals surface area contributed by atoms with Crippen molar-refractivity contribution in [1.82, 2.24) is 4.90 Å². The zero-order valence-corrected chi connectivity index (χ0v) is 11.4. The van der Waals surface area contributed by atoms with Crippen LogP contribution in [0.2, 0.25) is 0 Å². The number of nitrogens with one attached hydrogen (secondary N) is 1. The van der Waals surface area contributed by atoms with Crippen LogP contribution in [0.15, 0.2) is 24.3 Å². The molecule has 0 aromatic heterocycles. The Hall–Kier alpha value is -1.55. The van der Waals surface area contributed by atoms with Gasteiger partial charge in [-0.05, 0) is 56.6 Å². The number of carboxylic acid groups (broad SMARTS) is 1. The normalized spacial score (nSPS) is 17.3. The molecule has 2 N–H and O–H groups in total. The number of piperidine rings is 1. The lowest BCUT2D eigenvalue weighted by atomic mass is 9.97. The van der Waals surface area contributed by atoms with E-state index in [0.29, 0.717) is 11.5 Å². The van der Waals surface area contributed by atoms with Crippen molar-refractivity contribution in [2.24, 2.45) is 5.92 Å². The number of aromatic carboxylic acids is 1. The first-order valence-electron chi connectivity index (χ1n) is 6.98. The fourth-order valence-electron chi connectivity index (χ4n) is 2.53. The second-order valence-corrected chi connectivity index (χ2v) is 5.14. The van der Waals surface area contributed by atoms with Gasteiger partial charge in [-0.1, -0.05) is 13.0 Å². The summed E-state index contributed by atoms with van der Waals surface area (Å²) in [6.07, 6.45) is 2.44. The SMILES string of the molecule is CCN1CCC(CNc2cccc(C(=O)O)c2)CC1. The second kappa shape index (κ2) is 6.57. The summed E-state index contributed by atoms with van der Waals surface area (Å²) in [6, 6.07) is 7.02. The van der Waals surface area contributed by atoms with E-state index in [2.05, 4.69) is 17.1 Å². The highest BCUT2D eigenvalue weighted by molar-refractivity contribution is 5.88. The minimum Gasteiger partial charge on any atom is -0.478 e. The molecule has 4 nitrogen and oxygen atoms in total. The van der Waals surface area contributed by atoms with Gasteiger partial charge < -0.3 is 15.3 Å². The van der Waals surface area contributed by atoms with Crippen molar-refractivity contribution in [2.75, 3.05) is 31.5 Å². The first kappa shape index (κ1) is 13.9. The molecule has 104 valence electrons. The van der Waals surface area contributed by atoms with Crippen LogP contribution in [0.25, 0.3) is 0 Å². The van der Waals surface area contributed by atoms with Crippen LogP contribution >= 0.6 is 0 Å². The smallest absolute Gasteiger partial charge is 0.335 e. The van der Waals surface area contributed by atoms with Gasteiger partial charge in [0.15, 0.2) is 0 Å². The van der Waals surface area contributed by atoms with E-state index < -0.39 is 5.97 Å². The van der Waals surface area contributed by atoms with Gasteiger partial charge in [0, 0.05) is 12.2 Å². The molecule has 1 aromatic rings. The number of anilines is 1. The Morgan fingerprint density at radius 1 is 1.42 bits per heavy atom. The maximum atomic E-state index is 10.9. The van der Waals surface area contributed by atoms with Crippen molar-refractivity contribution in [1.29, 1.82) is 0 Å². The molecular weight excluding hydrogens is 240 g/mol. The number of carbonyl (C=O) groups is 1. The average Bonchev–Trinajstić information content (AvgIpc) is 2.46. The highest BCUT2D eigenvalue weighted by Gasteiger charge is 2.17. The first-order valence-corrected chi connectivity index (χ1v) is 6.98. The van der Waals surface area contributed by atoms with E-state index in [1.165, 1.54) is 25.9 Å². The summed E-state index contributed by atoms with van der Waals surface area (Å²) in [6.45, 7) is 6.63. The third-order valence-corrected chi connectivity index (χ3v) is 3.86. The van der Waals surface area contributed by atoms with Crippen molar-refractivity contribution < 1.29 is 9.90 Å². The maximum Gasteiger partial charge on any atom is 0.335 e. The van der Waals surface area contributed by atoms with Gasteiger partial charge in [-0.15, -0.1) is 0 Å². The summed E-state index contributed by atoms with van der Waals surface area (Å²) in [4.78, 5) is 13.4. The van der Waals surface area contributed by atoms with Gasteiger partial charge in [0.05, 0.1) is 5.56 Å². The zero-order chi connectivity index (χ0) is 13.7. The lowest BCUT2D eigenvalue weighted by Gasteiger charge is -2.31. The number of carboxylic acids is 1. The molecule has 19 heavy (non-hydrogen) atoms. The van der Waals surface area contributed by atoms with Gasteiger partial charge in [-0.2, -0.15) is 0 Å². The van der Waals surface area contributed by atoms with Gasteiger partial charge in [-0.25, -0.2) is 4.79 Å². The molecular formula is C15H22N2O2. The number of nitrogens with zero attached hydrogens (tertiary/aromatic N) is 1. The van der Waals surface area contributed by atoms with Crippen molar-refractivity contribution in [2.45, 2.75) is 19.8 Å². The van der Waals surface area contributed by atoms with Gasteiger partial charge in [0.2, 0.25) is 0 Å². The Morgan fingerprint density at radius 2 is 2.16 bits per heavy atom. The van der Waals surface area contributed by atoms with Crippen molar-refractivity contribution in [3.63, 3.8) is 0 Å². The molecule has 0 aliphatic carbocycles. The van der Waals surface area contributed by atoms with Crippen LogP contribution in [0.1, 0.15) is 30.1 Å². The summed E-state index contributed by atoms with van der Waals surface area (Å²) in [5.74, 6) is -0.184. The molecule has 1 aliphatic heterocycles. The molecule has 0 radical (unpaired) electrons. The molecule has 0 saturated carbocycles. The topological polar surface area (TPSA) is 52.6 Å². The molecule has 0 bridgehead atoms. The number of likely N-dealkylation sites (tertiary alicyclic amines) is 1. The van der Waals surface area contributed by atoms with Crippen LogP contribution < -0.4 is 5.32 Å². The Kier molecular flexibility index (Phi) is 4.80. The lowest BCUT2D eigenvalue weighted by molar-refractivity contribution is 0.0697. The van der Waals surface area contributed by atoms with Crippen molar-refractivity contribution in [3.05, 3.63) is 29.8 Å². The third-order valence-electron chi connectivity index (χ3n) is 3.86. The maximum absolute atomic E-state index is 10.9. The van der Waals surface area contributed by atoms with E-state index in [1.807, 2.05) is 6.07 Å². The molecule has 1 heterocycles. The molecule has 4 heteroatoms. The third kappa shape index (κ3) is 3.96. The molecule has 1 fully saturated rings. The quantitative estimate of drug-likeness (QED) is 0.856. The summed E-state index contributed by atoms with van der Waals surface area (Å²) in [5.41, 5.74) is 1.24. The predicted molar refractivity (Wildman–Crippen MR) is 76.7 cm³/mol. The fraction of sp³-hybridized carbons (Fsp3) is 0.533. The minimum absolute atomic E-state index is 0.339. The van der Waals surface area contributed by atoms with Gasteiger partial charge in [0.25, 0.3) is 0 Å². The first-order chi connectivity index (χ1) is 9.19. The van der Waals surface area contributed by atoms with E-state index in [4.69, 9.17) is 5.11 Å². The van der Waals surface area contributed by atoms with E-state index in [0.717, 1.165) is 18.8 Å². The monoisotopic (exact) mass is 262 g/mol. The number of hydrogen-bond donors (Lipinski definition) is 2. The summed E-state index contributed by atoms with van der Waals surface area (Å²) in [5, 5.41) is 12.3. The summed E-state index contributed by atoms with van der Waals surface area (Å²) >= 11 is 0. The molecule has 2 rings (SSSR count). The van der Waals surface area contributed by atoms with Crippen LogP contribution in [0.3, 0.4) is 0 Å².